The SMILES string of the molecule is Cc1ccc(OCCCCC(C)(N)C#N)cc1C. The van der Waals surface area contributed by atoms with Gasteiger partial charge >= 0.3 is 0 Å². The van der Waals surface area contributed by atoms with E-state index in [0.717, 1.165) is 18.6 Å². The van der Waals surface area contributed by atoms with Crippen molar-refractivity contribution in [3.05, 3.63) is 29.3 Å². The molecule has 0 saturated heterocycles. The van der Waals surface area contributed by atoms with Gasteiger partial charge in [0.1, 0.15) is 11.3 Å². The Morgan fingerprint density at radius 3 is 2.61 bits per heavy atom. The summed E-state index contributed by atoms with van der Waals surface area (Å²) in [5.74, 6) is 0.911. The molecule has 0 heterocycles. The van der Waals surface area contributed by atoms with E-state index in [4.69, 9.17) is 15.7 Å². The van der Waals surface area contributed by atoms with Crippen LogP contribution in [-0.4, -0.2) is 12.1 Å². The van der Waals surface area contributed by atoms with Crippen molar-refractivity contribution in [2.45, 2.75) is 45.6 Å². The van der Waals surface area contributed by atoms with E-state index in [-0.39, 0.29) is 0 Å². The zero-order valence-corrected chi connectivity index (χ0v) is 11.5. The first kappa shape index (κ1) is 14.5. The minimum atomic E-state index is -0.708. The van der Waals surface area contributed by atoms with Gasteiger partial charge in [-0.05, 0) is 63.3 Å². The maximum atomic E-state index is 8.78. The number of ether oxygens (including phenoxy) is 1. The molecule has 2 N–H and O–H groups in total. The molecule has 0 aliphatic carbocycles. The second-order valence-electron chi connectivity index (χ2n) is 5.08. The van der Waals surface area contributed by atoms with Crippen LogP contribution >= 0.6 is 0 Å². The summed E-state index contributed by atoms with van der Waals surface area (Å²) in [4.78, 5) is 0. The molecule has 1 aromatic carbocycles. The van der Waals surface area contributed by atoms with Crippen LogP contribution in [0.25, 0.3) is 0 Å². The Balaban J connectivity index is 2.26. The van der Waals surface area contributed by atoms with Crippen LogP contribution in [0, 0.1) is 25.2 Å². The summed E-state index contributed by atoms with van der Waals surface area (Å²) in [6, 6.07) is 8.21. The molecular weight excluding hydrogens is 224 g/mol. The minimum absolute atomic E-state index is 0.671. The van der Waals surface area contributed by atoms with Crippen LogP contribution in [0.1, 0.15) is 37.3 Å². The Morgan fingerprint density at radius 2 is 2.00 bits per heavy atom. The number of nitrogens with zero attached hydrogens (tertiary/aromatic N) is 1. The van der Waals surface area contributed by atoms with Crippen LogP contribution in [0.2, 0.25) is 0 Å². The van der Waals surface area contributed by atoms with E-state index < -0.39 is 5.54 Å². The third kappa shape index (κ3) is 4.77. The molecule has 0 saturated carbocycles. The van der Waals surface area contributed by atoms with Gasteiger partial charge in [-0.3, -0.25) is 0 Å². The molecule has 0 aromatic heterocycles. The number of hydrogen-bond donors (Lipinski definition) is 1. The van der Waals surface area contributed by atoms with Crippen LogP contribution in [0.3, 0.4) is 0 Å². The summed E-state index contributed by atoms with van der Waals surface area (Å²) in [5.41, 5.74) is 7.55. The largest absolute Gasteiger partial charge is 0.494 e. The fourth-order valence-electron chi connectivity index (χ4n) is 1.64. The maximum absolute atomic E-state index is 8.78. The molecule has 98 valence electrons. The highest BCUT2D eigenvalue weighted by atomic mass is 16.5. The average molecular weight is 246 g/mol. The third-order valence-corrected chi connectivity index (χ3v) is 3.09. The fourth-order valence-corrected chi connectivity index (χ4v) is 1.64. The Kier molecular flexibility index (Phi) is 5.18. The van der Waals surface area contributed by atoms with Crippen molar-refractivity contribution in [2.75, 3.05) is 6.61 Å². The van der Waals surface area contributed by atoms with Gasteiger partial charge in [0, 0.05) is 0 Å². The number of nitrogens with two attached hydrogens (primary N) is 1. The first-order valence-electron chi connectivity index (χ1n) is 6.35. The summed E-state index contributed by atoms with van der Waals surface area (Å²) in [6.45, 7) is 6.60. The van der Waals surface area contributed by atoms with E-state index in [1.807, 2.05) is 6.07 Å². The molecule has 3 nitrogen and oxygen atoms in total. The van der Waals surface area contributed by atoms with Crippen LogP contribution in [0.5, 0.6) is 5.75 Å². The predicted octanol–water partition coefficient (Wildman–Crippen LogP) is 3.09. The molecule has 0 amide bonds. The summed E-state index contributed by atoms with van der Waals surface area (Å²) in [6.07, 6.45) is 2.53. The third-order valence-electron chi connectivity index (χ3n) is 3.09. The van der Waals surface area contributed by atoms with Crippen molar-refractivity contribution in [3.63, 3.8) is 0 Å². The number of hydrogen-bond acceptors (Lipinski definition) is 3. The minimum Gasteiger partial charge on any atom is -0.494 e. The van der Waals surface area contributed by atoms with Gasteiger partial charge in [0.15, 0.2) is 0 Å². The van der Waals surface area contributed by atoms with Crippen molar-refractivity contribution in [2.24, 2.45) is 5.73 Å². The van der Waals surface area contributed by atoms with Gasteiger partial charge in [-0.25, -0.2) is 0 Å². The van der Waals surface area contributed by atoms with Gasteiger partial charge in [0.2, 0.25) is 0 Å². The molecule has 18 heavy (non-hydrogen) atoms. The zero-order chi connectivity index (χ0) is 13.6. The molecule has 0 aliphatic heterocycles. The number of nitriles is 1. The second-order valence-corrected chi connectivity index (χ2v) is 5.08. The maximum Gasteiger partial charge on any atom is 0.119 e. The summed E-state index contributed by atoms with van der Waals surface area (Å²) >= 11 is 0. The van der Waals surface area contributed by atoms with Gasteiger partial charge in [0.05, 0.1) is 12.7 Å². The molecule has 0 spiro atoms. The van der Waals surface area contributed by atoms with Crippen LogP contribution < -0.4 is 10.5 Å². The second kappa shape index (κ2) is 6.42. The van der Waals surface area contributed by atoms with E-state index >= 15 is 0 Å². The van der Waals surface area contributed by atoms with Crippen molar-refractivity contribution in [1.29, 1.82) is 5.26 Å². The van der Waals surface area contributed by atoms with Crippen molar-refractivity contribution >= 4 is 0 Å². The van der Waals surface area contributed by atoms with Crippen molar-refractivity contribution in [3.8, 4) is 11.8 Å². The lowest BCUT2D eigenvalue weighted by Crippen LogP contribution is -2.33. The lowest BCUT2D eigenvalue weighted by atomic mass is 9.98. The van der Waals surface area contributed by atoms with Crippen LogP contribution in [-0.2, 0) is 0 Å². The number of unbranched alkanes of at least 4 members (excludes halogenated alkanes) is 1. The molecule has 1 unspecified atom stereocenters. The quantitative estimate of drug-likeness (QED) is 0.785. The van der Waals surface area contributed by atoms with Gasteiger partial charge in [0.25, 0.3) is 0 Å². The number of benzene rings is 1. The first-order valence-corrected chi connectivity index (χ1v) is 6.35. The van der Waals surface area contributed by atoms with Gasteiger partial charge in [-0.2, -0.15) is 5.26 Å². The highest BCUT2D eigenvalue weighted by Gasteiger charge is 2.15. The van der Waals surface area contributed by atoms with E-state index in [9.17, 15) is 0 Å². The van der Waals surface area contributed by atoms with E-state index in [0.29, 0.717) is 13.0 Å². The Hall–Kier alpha value is -1.53. The topological polar surface area (TPSA) is 59.0 Å². The number of aryl methyl sites for hydroxylation is 2. The Bertz CT molecular complexity index is 433. The highest BCUT2D eigenvalue weighted by molar-refractivity contribution is 5.33. The van der Waals surface area contributed by atoms with Gasteiger partial charge in [-0.1, -0.05) is 6.07 Å². The molecule has 1 aromatic rings. The molecule has 0 fully saturated rings. The van der Waals surface area contributed by atoms with Gasteiger partial charge < -0.3 is 10.5 Å². The smallest absolute Gasteiger partial charge is 0.119 e. The lowest BCUT2D eigenvalue weighted by molar-refractivity contribution is 0.300. The predicted molar refractivity (Wildman–Crippen MR) is 73.5 cm³/mol. The molecule has 1 rings (SSSR count). The Labute approximate surface area is 110 Å². The summed E-state index contributed by atoms with van der Waals surface area (Å²) in [7, 11) is 0. The van der Waals surface area contributed by atoms with E-state index in [2.05, 4.69) is 32.0 Å². The van der Waals surface area contributed by atoms with Crippen LogP contribution in [0.15, 0.2) is 18.2 Å². The summed E-state index contributed by atoms with van der Waals surface area (Å²) < 4.78 is 5.67. The normalized spacial score (nSPS) is 13.7. The standard InChI is InChI=1S/C15H22N2O/c1-12-6-7-14(10-13(12)2)18-9-5-4-8-15(3,17)11-16/h6-7,10H,4-5,8-9,17H2,1-3H3. The van der Waals surface area contributed by atoms with E-state index in [1.54, 1.807) is 6.92 Å². The average Bonchev–Trinajstić information content (AvgIpc) is 2.33. The Morgan fingerprint density at radius 1 is 1.28 bits per heavy atom. The lowest BCUT2D eigenvalue weighted by Gasteiger charge is -2.14. The highest BCUT2D eigenvalue weighted by Crippen LogP contribution is 2.17. The first-order chi connectivity index (χ1) is 8.44. The molecule has 0 aliphatic rings. The molecule has 1 atom stereocenters. The molecule has 0 bridgehead atoms. The zero-order valence-electron chi connectivity index (χ0n) is 11.5. The van der Waals surface area contributed by atoms with Crippen molar-refractivity contribution < 1.29 is 4.74 Å². The van der Waals surface area contributed by atoms with E-state index in [1.165, 1.54) is 11.1 Å². The van der Waals surface area contributed by atoms with Crippen LogP contribution in [0.4, 0.5) is 0 Å². The molecular formula is C15H22N2O. The number of rotatable bonds is 6. The van der Waals surface area contributed by atoms with Crippen molar-refractivity contribution in [1.82, 2.24) is 0 Å². The summed E-state index contributed by atoms with van der Waals surface area (Å²) in [5, 5.41) is 8.78. The van der Waals surface area contributed by atoms with Gasteiger partial charge in [-0.15, -0.1) is 0 Å². The fraction of sp³-hybridized carbons (Fsp3) is 0.533. The molecule has 0 radical (unpaired) electrons. The molecule has 3 heteroatoms. The monoisotopic (exact) mass is 246 g/mol.